The molecule has 140 valence electrons. The van der Waals surface area contributed by atoms with E-state index in [0.717, 1.165) is 17.7 Å². The Kier molecular flexibility index (Phi) is 4.84. The van der Waals surface area contributed by atoms with Crippen LogP contribution in [0.25, 0.3) is 22.1 Å². The molecule has 0 aliphatic carbocycles. The van der Waals surface area contributed by atoms with Crippen LogP contribution in [-0.2, 0) is 6.54 Å². The van der Waals surface area contributed by atoms with Gasteiger partial charge in [0.2, 0.25) is 0 Å². The van der Waals surface area contributed by atoms with E-state index in [2.05, 4.69) is 5.32 Å². The van der Waals surface area contributed by atoms with Crippen LogP contribution in [0, 0.1) is 11.6 Å². The molecular weight excluding hydrogens is 384 g/mol. The number of carbonyl (C=O) groups is 1. The SMILES string of the molecule is O=C(NCc1ccc(Cl)cc1)c1ccc(-c2ccc(F)c(F)c2)c2ccoc12. The fraction of sp³-hybridized carbons (Fsp3) is 0.0455. The molecule has 0 saturated carbocycles. The molecule has 0 spiro atoms. The molecule has 4 rings (SSSR count). The van der Waals surface area contributed by atoms with Crippen LogP contribution in [0.3, 0.4) is 0 Å². The monoisotopic (exact) mass is 397 g/mol. The largest absolute Gasteiger partial charge is 0.463 e. The lowest BCUT2D eigenvalue weighted by molar-refractivity contribution is 0.0951. The highest BCUT2D eigenvalue weighted by molar-refractivity contribution is 6.30. The topological polar surface area (TPSA) is 42.2 Å². The molecule has 3 aromatic carbocycles. The quantitative estimate of drug-likeness (QED) is 0.461. The number of rotatable bonds is 4. The van der Waals surface area contributed by atoms with Gasteiger partial charge in [-0.1, -0.05) is 35.9 Å². The van der Waals surface area contributed by atoms with Crippen molar-refractivity contribution in [2.75, 3.05) is 0 Å². The van der Waals surface area contributed by atoms with Crippen LogP contribution >= 0.6 is 11.6 Å². The van der Waals surface area contributed by atoms with Gasteiger partial charge < -0.3 is 9.73 Å². The zero-order valence-corrected chi connectivity index (χ0v) is 15.3. The van der Waals surface area contributed by atoms with Crippen molar-refractivity contribution in [1.29, 1.82) is 0 Å². The van der Waals surface area contributed by atoms with Crippen LogP contribution in [0.2, 0.25) is 5.02 Å². The summed E-state index contributed by atoms with van der Waals surface area (Å²) in [7, 11) is 0. The van der Waals surface area contributed by atoms with Crippen LogP contribution in [0.5, 0.6) is 0 Å². The van der Waals surface area contributed by atoms with E-state index in [0.29, 0.717) is 39.2 Å². The Hall–Kier alpha value is -3.18. The van der Waals surface area contributed by atoms with E-state index in [1.165, 1.54) is 12.3 Å². The number of hydrogen-bond donors (Lipinski definition) is 1. The molecule has 0 unspecified atom stereocenters. The van der Waals surface area contributed by atoms with Gasteiger partial charge in [0, 0.05) is 17.0 Å². The van der Waals surface area contributed by atoms with Crippen molar-refractivity contribution in [3.05, 3.63) is 94.7 Å². The number of halogens is 3. The third-order valence-electron chi connectivity index (χ3n) is 4.46. The average Bonchev–Trinajstić information content (AvgIpc) is 3.18. The number of amides is 1. The molecule has 0 aliphatic rings. The number of furan rings is 1. The summed E-state index contributed by atoms with van der Waals surface area (Å²) >= 11 is 5.86. The molecule has 3 nitrogen and oxygen atoms in total. The first kappa shape index (κ1) is 18.2. The third kappa shape index (κ3) is 3.49. The van der Waals surface area contributed by atoms with Crippen molar-refractivity contribution in [2.24, 2.45) is 0 Å². The number of hydrogen-bond acceptors (Lipinski definition) is 2. The van der Waals surface area contributed by atoms with E-state index in [9.17, 15) is 13.6 Å². The Labute approximate surface area is 164 Å². The van der Waals surface area contributed by atoms with Gasteiger partial charge in [-0.15, -0.1) is 0 Å². The molecule has 1 aromatic heterocycles. The minimum absolute atomic E-state index is 0.299. The van der Waals surface area contributed by atoms with Gasteiger partial charge in [0.25, 0.3) is 5.91 Å². The van der Waals surface area contributed by atoms with Gasteiger partial charge in [-0.05, 0) is 53.1 Å². The van der Waals surface area contributed by atoms with E-state index < -0.39 is 11.6 Å². The van der Waals surface area contributed by atoms with Crippen LogP contribution < -0.4 is 5.32 Å². The van der Waals surface area contributed by atoms with Crippen molar-refractivity contribution in [3.63, 3.8) is 0 Å². The summed E-state index contributed by atoms with van der Waals surface area (Å²) in [5.74, 6) is -2.14. The summed E-state index contributed by atoms with van der Waals surface area (Å²) in [6, 6.07) is 15.9. The molecule has 1 amide bonds. The zero-order chi connectivity index (χ0) is 19.7. The Bertz CT molecular complexity index is 1170. The maximum absolute atomic E-state index is 13.6. The molecule has 0 aliphatic heterocycles. The van der Waals surface area contributed by atoms with E-state index in [1.54, 1.807) is 30.3 Å². The first-order chi connectivity index (χ1) is 13.5. The predicted molar refractivity (Wildman–Crippen MR) is 104 cm³/mol. The molecule has 0 fully saturated rings. The summed E-state index contributed by atoms with van der Waals surface area (Å²) in [5.41, 5.74) is 2.80. The van der Waals surface area contributed by atoms with E-state index in [1.807, 2.05) is 12.1 Å². The summed E-state index contributed by atoms with van der Waals surface area (Å²) in [5, 5.41) is 4.11. The Balaban J connectivity index is 1.63. The lowest BCUT2D eigenvalue weighted by Gasteiger charge is -2.09. The van der Waals surface area contributed by atoms with Gasteiger partial charge in [-0.25, -0.2) is 8.78 Å². The molecular formula is C22H14ClF2NO2. The first-order valence-corrected chi connectivity index (χ1v) is 8.89. The summed E-state index contributed by atoms with van der Waals surface area (Å²) < 4.78 is 32.4. The van der Waals surface area contributed by atoms with Gasteiger partial charge in [-0.3, -0.25) is 4.79 Å². The summed E-state index contributed by atoms with van der Waals surface area (Å²) in [4.78, 5) is 12.6. The highest BCUT2D eigenvalue weighted by Crippen LogP contribution is 2.32. The highest BCUT2D eigenvalue weighted by Gasteiger charge is 2.17. The summed E-state index contributed by atoms with van der Waals surface area (Å²) in [6.07, 6.45) is 1.46. The van der Waals surface area contributed by atoms with E-state index in [4.69, 9.17) is 16.0 Å². The normalized spacial score (nSPS) is 11.0. The van der Waals surface area contributed by atoms with Crippen molar-refractivity contribution >= 4 is 28.5 Å². The maximum atomic E-state index is 13.6. The minimum Gasteiger partial charge on any atom is -0.463 e. The predicted octanol–water partition coefficient (Wildman–Crippen LogP) is 5.96. The smallest absolute Gasteiger partial charge is 0.255 e. The van der Waals surface area contributed by atoms with Gasteiger partial charge in [0.15, 0.2) is 11.6 Å². The number of benzene rings is 3. The van der Waals surface area contributed by atoms with Crippen molar-refractivity contribution in [1.82, 2.24) is 5.32 Å². The Morgan fingerprint density at radius 3 is 2.50 bits per heavy atom. The molecule has 4 aromatic rings. The fourth-order valence-electron chi connectivity index (χ4n) is 3.04. The number of nitrogens with one attached hydrogen (secondary N) is 1. The standard InChI is InChI=1S/C22H14ClF2NO2/c23-15-4-1-13(2-5-15)12-26-22(27)18-7-6-16(17-9-10-28-21(17)18)14-3-8-19(24)20(25)11-14/h1-11H,12H2,(H,26,27). The first-order valence-electron chi connectivity index (χ1n) is 8.51. The van der Waals surface area contributed by atoms with Crippen LogP contribution in [0.15, 0.2) is 71.3 Å². The van der Waals surface area contributed by atoms with Crippen molar-refractivity contribution in [3.8, 4) is 11.1 Å². The van der Waals surface area contributed by atoms with Gasteiger partial charge in [-0.2, -0.15) is 0 Å². The highest BCUT2D eigenvalue weighted by atomic mass is 35.5. The van der Waals surface area contributed by atoms with Crippen LogP contribution in [0.4, 0.5) is 8.78 Å². The lowest BCUT2D eigenvalue weighted by atomic mass is 9.99. The lowest BCUT2D eigenvalue weighted by Crippen LogP contribution is -2.22. The van der Waals surface area contributed by atoms with Gasteiger partial charge in [0.05, 0.1) is 11.8 Å². The molecule has 0 atom stereocenters. The number of carbonyl (C=O) groups excluding carboxylic acids is 1. The van der Waals surface area contributed by atoms with Crippen molar-refractivity contribution < 1.29 is 18.0 Å². The van der Waals surface area contributed by atoms with E-state index in [-0.39, 0.29) is 5.91 Å². The molecule has 1 N–H and O–H groups in total. The Morgan fingerprint density at radius 2 is 1.75 bits per heavy atom. The Morgan fingerprint density at radius 1 is 0.964 bits per heavy atom. The average molecular weight is 398 g/mol. The molecule has 0 saturated heterocycles. The minimum atomic E-state index is -0.932. The molecule has 0 radical (unpaired) electrons. The second kappa shape index (κ2) is 7.44. The zero-order valence-electron chi connectivity index (χ0n) is 14.5. The molecule has 28 heavy (non-hydrogen) atoms. The van der Waals surface area contributed by atoms with Crippen LogP contribution in [0.1, 0.15) is 15.9 Å². The third-order valence-corrected chi connectivity index (χ3v) is 4.71. The summed E-state index contributed by atoms with van der Waals surface area (Å²) in [6.45, 7) is 0.336. The van der Waals surface area contributed by atoms with Crippen LogP contribution in [-0.4, -0.2) is 5.91 Å². The van der Waals surface area contributed by atoms with Gasteiger partial charge in [0.1, 0.15) is 5.58 Å². The fourth-order valence-corrected chi connectivity index (χ4v) is 3.16. The van der Waals surface area contributed by atoms with Gasteiger partial charge >= 0.3 is 0 Å². The maximum Gasteiger partial charge on any atom is 0.255 e. The number of fused-ring (bicyclic) bond motifs is 1. The second-order valence-electron chi connectivity index (χ2n) is 6.26. The molecule has 6 heteroatoms. The molecule has 0 bridgehead atoms. The second-order valence-corrected chi connectivity index (χ2v) is 6.70. The van der Waals surface area contributed by atoms with E-state index >= 15 is 0 Å². The van der Waals surface area contributed by atoms with Crippen molar-refractivity contribution in [2.45, 2.75) is 6.54 Å². The molecule has 1 heterocycles.